The molecule has 0 amide bonds. The van der Waals surface area contributed by atoms with Crippen molar-refractivity contribution in [2.75, 3.05) is 0 Å². The molecule has 2 aliphatic rings. The highest BCUT2D eigenvalue weighted by molar-refractivity contribution is 5.35. The number of hydrogen-bond donors (Lipinski definition) is 2. The molecular formula is C12H17F3O2. The van der Waals surface area contributed by atoms with E-state index in [2.05, 4.69) is 0 Å². The van der Waals surface area contributed by atoms with Crippen LogP contribution in [0.15, 0.2) is 11.3 Å². The molecule has 2 nitrogen and oxygen atoms in total. The van der Waals surface area contributed by atoms with Crippen LogP contribution in [0.4, 0.5) is 13.2 Å². The van der Waals surface area contributed by atoms with Gasteiger partial charge in [0.05, 0.1) is 6.10 Å². The third kappa shape index (κ3) is 1.38. The maximum atomic E-state index is 12.6. The molecule has 0 saturated heterocycles. The Morgan fingerprint density at radius 2 is 1.82 bits per heavy atom. The van der Waals surface area contributed by atoms with Gasteiger partial charge in [-0.3, -0.25) is 0 Å². The van der Waals surface area contributed by atoms with Gasteiger partial charge in [-0.15, -0.1) is 0 Å². The Hall–Kier alpha value is -0.710. The van der Waals surface area contributed by atoms with Crippen LogP contribution in [-0.4, -0.2) is 22.5 Å². The Balaban J connectivity index is 2.56. The molecule has 5 heteroatoms. The van der Waals surface area contributed by atoms with Crippen LogP contribution in [0.1, 0.15) is 33.6 Å². The van der Waals surface area contributed by atoms with Crippen LogP contribution in [0.5, 0.6) is 0 Å². The van der Waals surface area contributed by atoms with E-state index in [0.29, 0.717) is 12.8 Å². The molecule has 17 heavy (non-hydrogen) atoms. The fourth-order valence-corrected chi connectivity index (χ4v) is 3.55. The monoisotopic (exact) mass is 250 g/mol. The Labute approximate surface area is 98.1 Å². The normalized spacial score (nSPS) is 43.0. The molecule has 1 unspecified atom stereocenters. The first-order valence-electron chi connectivity index (χ1n) is 5.72. The number of halogens is 3. The predicted molar refractivity (Wildman–Crippen MR) is 56.3 cm³/mol. The van der Waals surface area contributed by atoms with Crippen molar-refractivity contribution < 1.29 is 23.4 Å². The quantitative estimate of drug-likeness (QED) is 0.648. The summed E-state index contributed by atoms with van der Waals surface area (Å²) in [6.45, 7) is 5.53. The molecule has 0 aliphatic heterocycles. The van der Waals surface area contributed by atoms with Gasteiger partial charge in [0.25, 0.3) is 0 Å². The van der Waals surface area contributed by atoms with Gasteiger partial charge in [0.1, 0.15) is 0 Å². The van der Waals surface area contributed by atoms with Crippen molar-refractivity contribution in [3.63, 3.8) is 0 Å². The van der Waals surface area contributed by atoms with Gasteiger partial charge < -0.3 is 10.2 Å². The van der Waals surface area contributed by atoms with Crippen LogP contribution in [0.2, 0.25) is 0 Å². The summed E-state index contributed by atoms with van der Waals surface area (Å²) in [7, 11) is 0. The van der Waals surface area contributed by atoms with Crippen molar-refractivity contribution in [3.05, 3.63) is 11.3 Å². The molecule has 2 saturated carbocycles. The number of allylic oxidation sites excluding steroid dienone is 1. The van der Waals surface area contributed by atoms with Crippen LogP contribution < -0.4 is 0 Å². The van der Waals surface area contributed by atoms with E-state index in [1.165, 1.54) is 0 Å². The van der Waals surface area contributed by atoms with Gasteiger partial charge in [0, 0.05) is 11.0 Å². The molecule has 0 spiro atoms. The number of hydrogen-bond acceptors (Lipinski definition) is 2. The fourth-order valence-electron chi connectivity index (χ4n) is 3.55. The van der Waals surface area contributed by atoms with E-state index in [9.17, 15) is 23.4 Å². The first kappa shape index (κ1) is 12.7. The molecule has 2 N–H and O–H groups in total. The molecule has 0 radical (unpaired) electrons. The fraction of sp³-hybridized carbons (Fsp3) is 0.833. The smallest absolute Gasteiger partial charge is 0.448 e. The molecule has 2 bridgehead atoms. The van der Waals surface area contributed by atoms with Crippen LogP contribution in [-0.2, 0) is 0 Å². The Kier molecular flexibility index (Phi) is 2.39. The van der Waals surface area contributed by atoms with Gasteiger partial charge >= 0.3 is 6.18 Å². The molecule has 2 aliphatic carbocycles. The zero-order chi connectivity index (χ0) is 13.2. The molecule has 98 valence electrons. The zero-order valence-corrected chi connectivity index (χ0v) is 10.1. The molecular weight excluding hydrogens is 233 g/mol. The Bertz CT molecular complexity index is 384. The van der Waals surface area contributed by atoms with Gasteiger partial charge in [-0.1, -0.05) is 20.8 Å². The Morgan fingerprint density at radius 1 is 1.29 bits per heavy atom. The van der Waals surface area contributed by atoms with Crippen molar-refractivity contribution in [2.45, 2.75) is 45.9 Å². The third-order valence-electron chi connectivity index (χ3n) is 5.11. The van der Waals surface area contributed by atoms with Gasteiger partial charge in [-0.2, -0.15) is 13.2 Å². The second-order valence-corrected chi connectivity index (χ2v) is 5.93. The minimum absolute atomic E-state index is 0.212. The average Bonchev–Trinajstić information content (AvgIpc) is 2.47. The van der Waals surface area contributed by atoms with Crippen molar-refractivity contribution in [3.8, 4) is 0 Å². The van der Waals surface area contributed by atoms with Gasteiger partial charge in [-0.25, -0.2) is 0 Å². The van der Waals surface area contributed by atoms with Gasteiger partial charge in [-0.05, 0) is 24.2 Å². The second kappa shape index (κ2) is 3.19. The van der Waals surface area contributed by atoms with E-state index >= 15 is 0 Å². The minimum Gasteiger partial charge on any atom is -0.504 e. The summed E-state index contributed by atoms with van der Waals surface area (Å²) in [5.74, 6) is -1.98. The number of aliphatic hydroxyl groups is 2. The van der Waals surface area contributed by atoms with Gasteiger partial charge in [0.2, 0.25) is 0 Å². The van der Waals surface area contributed by atoms with E-state index in [0.717, 1.165) is 0 Å². The lowest BCUT2D eigenvalue weighted by Gasteiger charge is -2.36. The summed E-state index contributed by atoms with van der Waals surface area (Å²) < 4.78 is 37.7. The van der Waals surface area contributed by atoms with E-state index < -0.39 is 28.9 Å². The first-order chi connectivity index (χ1) is 7.53. The highest BCUT2D eigenvalue weighted by Crippen LogP contribution is 2.68. The minimum atomic E-state index is -4.77. The standard InChI is InChI=1S/C12H17F3O2/c1-10(2)6-4-5-11(10,3)8(16)7(6)9(17)12(13,14)15/h6,8,16-17H,4-5H2,1-3H3/b9-7+/t6-,8?,11-/m0/s1. The number of fused-ring (bicyclic) bond motifs is 2. The van der Waals surface area contributed by atoms with Crippen LogP contribution in [0, 0.1) is 16.7 Å². The second-order valence-electron chi connectivity index (χ2n) is 5.93. The molecule has 0 heterocycles. The summed E-state index contributed by atoms with van der Waals surface area (Å²) in [5, 5.41) is 19.4. The summed E-state index contributed by atoms with van der Waals surface area (Å²) in [6, 6.07) is 0. The molecule has 2 rings (SSSR count). The topological polar surface area (TPSA) is 40.5 Å². The molecule has 0 aromatic heterocycles. The zero-order valence-electron chi connectivity index (χ0n) is 10.1. The summed E-state index contributed by atoms with van der Waals surface area (Å²) in [5.41, 5.74) is -1.20. The summed E-state index contributed by atoms with van der Waals surface area (Å²) in [6.07, 6.45) is -4.68. The third-order valence-corrected chi connectivity index (χ3v) is 5.11. The SMILES string of the molecule is CC1(C)[C@H]2CC[C@@]1(C)C(O)/C2=C(/O)C(F)(F)F. The first-order valence-corrected chi connectivity index (χ1v) is 5.72. The van der Waals surface area contributed by atoms with Gasteiger partial charge in [0.15, 0.2) is 5.76 Å². The molecule has 0 aromatic carbocycles. The van der Waals surface area contributed by atoms with Crippen LogP contribution in [0.3, 0.4) is 0 Å². The maximum absolute atomic E-state index is 12.6. The van der Waals surface area contributed by atoms with E-state index in [1.54, 1.807) is 6.92 Å². The number of aliphatic hydroxyl groups excluding tert-OH is 2. The average molecular weight is 250 g/mol. The maximum Gasteiger partial charge on any atom is 0.448 e. The van der Waals surface area contributed by atoms with Crippen molar-refractivity contribution in [1.29, 1.82) is 0 Å². The Morgan fingerprint density at radius 3 is 2.18 bits per heavy atom. The number of alkyl halides is 3. The number of rotatable bonds is 0. The van der Waals surface area contributed by atoms with E-state index in [1.807, 2.05) is 13.8 Å². The predicted octanol–water partition coefficient (Wildman–Crippen LogP) is 3.18. The van der Waals surface area contributed by atoms with Crippen molar-refractivity contribution in [2.24, 2.45) is 16.7 Å². The summed E-state index contributed by atoms with van der Waals surface area (Å²) in [4.78, 5) is 0. The molecule has 2 fully saturated rings. The lowest BCUT2D eigenvalue weighted by Crippen LogP contribution is -2.36. The molecule has 0 aromatic rings. The van der Waals surface area contributed by atoms with Crippen molar-refractivity contribution >= 4 is 0 Å². The molecule has 3 atom stereocenters. The van der Waals surface area contributed by atoms with Crippen molar-refractivity contribution in [1.82, 2.24) is 0 Å². The highest BCUT2D eigenvalue weighted by atomic mass is 19.4. The largest absolute Gasteiger partial charge is 0.504 e. The summed E-state index contributed by atoms with van der Waals surface area (Å²) >= 11 is 0. The van der Waals surface area contributed by atoms with E-state index in [-0.39, 0.29) is 11.5 Å². The lowest BCUT2D eigenvalue weighted by atomic mass is 9.70. The highest BCUT2D eigenvalue weighted by Gasteiger charge is 2.65. The van der Waals surface area contributed by atoms with Crippen LogP contribution >= 0.6 is 0 Å². The van der Waals surface area contributed by atoms with E-state index in [4.69, 9.17) is 0 Å². The van der Waals surface area contributed by atoms with Crippen LogP contribution in [0.25, 0.3) is 0 Å². The lowest BCUT2D eigenvalue weighted by molar-refractivity contribution is -0.124.